The first-order valence-electron chi connectivity index (χ1n) is 4.14. The van der Waals surface area contributed by atoms with E-state index < -0.39 is 6.10 Å². The zero-order valence-electron chi connectivity index (χ0n) is 7.99. The summed E-state index contributed by atoms with van der Waals surface area (Å²) in [5.41, 5.74) is 6.57. The molecular weight excluding hydrogens is 305 g/mol. The van der Waals surface area contributed by atoms with Gasteiger partial charge in [0.05, 0.1) is 20.9 Å². The summed E-state index contributed by atoms with van der Waals surface area (Å²) in [7, 11) is 0. The Morgan fingerprint density at radius 3 is 2.60 bits per heavy atom. The standard InChI is InChI=1S/C10H8IN3O/c1-6(4-12)15-10-8(11)2-7(5-13)3-9(10)14/h2-3,6H,14H2,1H3. The zero-order chi connectivity index (χ0) is 11.4. The first-order valence-corrected chi connectivity index (χ1v) is 5.21. The van der Waals surface area contributed by atoms with Gasteiger partial charge in [0.25, 0.3) is 0 Å². The van der Waals surface area contributed by atoms with Gasteiger partial charge in [-0.05, 0) is 41.6 Å². The van der Waals surface area contributed by atoms with Crippen LogP contribution in [0.2, 0.25) is 0 Å². The number of hydrogen-bond donors (Lipinski definition) is 1. The molecule has 0 saturated heterocycles. The average Bonchev–Trinajstić information content (AvgIpc) is 2.22. The highest BCUT2D eigenvalue weighted by molar-refractivity contribution is 14.1. The molecule has 76 valence electrons. The van der Waals surface area contributed by atoms with Crippen LogP contribution in [0.25, 0.3) is 0 Å². The summed E-state index contributed by atoms with van der Waals surface area (Å²) in [5, 5.41) is 17.3. The van der Waals surface area contributed by atoms with Crippen molar-refractivity contribution in [2.45, 2.75) is 13.0 Å². The Balaban J connectivity index is 3.11. The quantitative estimate of drug-likeness (QED) is 0.669. The second-order valence-electron chi connectivity index (χ2n) is 2.88. The predicted molar refractivity (Wildman–Crippen MR) is 64.0 cm³/mol. The molecule has 1 aromatic rings. The Kier molecular flexibility index (Phi) is 3.75. The normalized spacial score (nSPS) is 11.2. The van der Waals surface area contributed by atoms with E-state index in [1.165, 1.54) is 6.07 Å². The van der Waals surface area contributed by atoms with Crippen molar-refractivity contribution in [3.05, 3.63) is 21.3 Å². The molecule has 0 saturated carbocycles. The van der Waals surface area contributed by atoms with Crippen molar-refractivity contribution in [3.63, 3.8) is 0 Å². The SMILES string of the molecule is CC(C#N)Oc1c(N)cc(C#N)cc1I. The Hall–Kier alpha value is -1.47. The van der Waals surface area contributed by atoms with Crippen molar-refractivity contribution in [1.82, 2.24) is 0 Å². The molecule has 0 radical (unpaired) electrons. The van der Waals surface area contributed by atoms with E-state index in [1.54, 1.807) is 13.0 Å². The van der Waals surface area contributed by atoms with Crippen LogP contribution in [-0.2, 0) is 0 Å². The molecule has 0 bridgehead atoms. The molecule has 1 unspecified atom stereocenters. The number of anilines is 1. The molecule has 0 aliphatic heterocycles. The molecule has 2 N–H and O–H groups in total. The monoisotopic (exact) mass is 313 g/mol. The number of nitrogen functional groups attached to an aromatic ring is 1. The lowest BCUT2D eigenvalue weighted by molar-refractivity contribution is 0.276. The number of ether oxygens (including phenoxy) is 1. The topological polar surface area (TPSA) is 82.8 Å². The molecule has 0 fully saturated rings. The highest BCUT2D eigenvalue weighted by Gasteiger charge is 2.11. The second-order valence-corrected chi connectivity index (χ2v) is 4.04. The van der Waals surface area contributed by atoms with Gasteiger partial charge in [0.1, 0.15) is 6.07 Å². The summed E-state index contributed by atoms with van der Waals surface area (Å²) < 4.78 is 6.05. The smallest absolute Gasteiger partial charge is 0.181 e. The van der Waals surface area contributed by atoms with Gasteiger partial charge in [-0.1, -0.05) is 0 Å². The van der Waals surface area contributed by atoms with Gasteiger partial charge in [-0.25, -0.2) is 0 Å². The number of benzene rings is 1. The zero-order valence-corrected chi connectivity index (χ0v) is 10.1. The van der Waals surface area contributed by atoms with Crippen LogP contribution in [0.3, 0.4) is 0 Å². The fourth-order valence-corrected chi connectivity index (χ4v) is 1.78. The summed E-state index contributed by atoms with van der Waals surface area (Å²) >= 11 is 2.02. The third-order valence-electron chi connectivity index (χ3n) is 1.68. The van der Waals surface area contributed by atoms with Crippen LogP contribution in [0.15, 0.2) is 12.1 Å². The van der Waals surface area contributed by atoms with Gasteiger partial charge in [0.15, 0.2) is 11.9 Å². The molecule has 1 aromatic carbocycles. The van der Waals surface area contributed by atoms with Crippen molar-refractivity contribution in [3.8, 4) is 17.9 Å². The summed E-state index contributed by atoms with van der Waals surface area (Å²) in [5.74, 6) is 0.462. The first kappa shape index (κ1) is 11.6. The Bertz CT molecular complexity index is 436. The fraction of sp³-hybridized carbons (Fsp3) is 0.200. The van der Waals surface area contributed by atoms with Crippen LogP contribution < -0.4 is 10.5 Å². The summed E-state index contributed by atoms with van der Waals surface area (Å²) in [6.45, 7) is 1.63. The molecular formula is C10H8IN3O. The van der Waals surface area contributed by atoms with Crippen molar-refractivity contribution >= 4 is 28.3 Å². The van der Waals surface area contributed by atoms with E-state index in [0.29, 0.717) is 17.0 Å². The number of nitriles is 2. The van der Waals surface area contributed by atoms with E-state index in [4.69, 9.17) is 21.0 Å². The van der Waals surface area contributed by atoms with Crippen LogP contribution in [0, 0.1) is 26.2 Å². The lowest BCUT2D eigenvalue weighted by Crippen LogP contribution is -2.11. The highest BCUT2D eigenvalue weighted by Crippen LogP contribution is 2.30. The van der Waals surface area contributed by atoms with Gasteiger partial charge < -0.3 is 10.5 Å². The van der Waals surface area contributed by atoms with Crippen molar-refractivity contribution < 1.29 is 4.74 Å². The fourth-order valence-electron chi connectivity index (χ4n) is 1.01. The Labute approximate surface area is 101 Å². The van der Waals surface area contributed by atoms with Gasteiger partial charge in [-0.3, -0.25) is 0 Å². The van der Waals surface area contributed by atoms with Crippen molar-refractivity contribution in [1.29, 1.82) is 10.5 Å². The first-order chi connectivity index (χ1) is 7.08. The van der Waals surface area contributed by atoms with Gasteiger partial charge in [-0.15, -0.1) is 0 Å². The molecule has 1 atom stereocenters. The number of nitrogens with two attached hydrogens (primary N) is 1. The minimum absolute atomic E-state index is 0.376. The number of hydrogen-bond acceptors (Lipinski definition) is 4. The summed E-state index contributed by atoms with van der Waals surface area (Å²) in [4.78, 5) is 0. The minimum Gasteiger partial charge on any atom is -0.473 e. The number of halogens is 1. The van der Waals surface area contributed by atoms with Crippen LogP contribution in [0.5, 0.6) is 5.75 Å². The second kappa shape index (κ2) is 4.85. The lowest BCUT2D eigenvalue weighted by atomic mass is 10.2. The summed E-state index contributed by atoms with van der Waals surface area (Å²) in [6.07, 6.45) is -0.561. The molecule has 0 amide bonds. The maximum absolute atomic E-state index is 8.70. The highest BCUT2D eigenvalue weighted by atomic mass is 127. The largest absolute Gasteiger partial charge is 0.473 e. The van der Waals surface area contributed by atoms with E-state index in [9.17, 15) is 0 Å². The van der Waals surface area contributed by atoms with E-state index in [1.807, 2.05) is 34.7 Å². The maximum Gasteiger partial charge on any atom is 0.181 e. The van der Waals surface area contributed by atoms with Crippen LogP contribution in [0.1, 0.15) is 12.5 Å². The molecule has 0 aliphatic carbocycles. The molecule has 0 heterocycles. The van der Waals surface area contributed by atoms with E-state index in [2.05, 4.69) is 0 Å². The molecule has 5 heteroatoms. The molecule has 0 aromatic heterocycles. The molecule has 1 rings (SSSR count). The van der Waals surface area contributed by atoms with Crippen LogP contribution >= 0.6 is 22.6 Å². The number of nitrogens with zero attached hydrogens (tertiary/aromatic N) is 2. The lowest BCUT2D eigenvalue weighted by Gasteiger charge is -2.12. The Morgan fingerprint density at radius 2 is 2.13 bits per heavy atom. The van der Waals surface area contributed by atoms with E-state index in [-0.39, 0.29) is 0 Å². The van der Waals surface area contributed by atoms with Gasteiger partial charge in [0.2, 0.25) is 0 Å². The van der Waals surface area contributed by atoms with Gasteiger partial charge in [0, 0.05) is 0 Å². The maximum atomic E-state index is 8.70. The molecule has 15 heavy (non-hydrogen) atoms. The molecule has 4 nitrogen and oxygen atoms in total. The molecule has 0 aliphatic rings. The van der Waals surface area contributed by atoms with E-state index in [0.717, 1.165) is 3.57 Å². The van der Waals surface area contributed by atoms with Gasteiger partial charge in [-0.2, -0.15) is 10.5 Å². The predicted octanol–water partition coefficient (Wildman–Crippen LogP) is 2.04. The van der Waals surface area contributed by atoms with Crippen LogP contribution in [0.4, 0.5) is 5.69 Å². The Morgan fingerprint density at radius 1 is 1.47 bits per heavy atom. The third-order valence-corrected chi connectivity index (χ3v) is 2.48. The summed E-state index contributed by atoms with van der Waals surface area (Å²) in [6, 6.07) is 7.14. The number of rotatable bonds is 2. The van der Waals surface area contributed by atoms with Crippen LogP contribution in [-0.4, -0.2) is 6.10 Å². The molecule has 0 spiro atoms. The van der Waals surface area contributed by atoms with Crippen molar-refractivity contribution in [2.75, 3.05) is 5.73 Å². The third kappa shape index (κ3) is 2.74. The average molecular weight is 313 g/mol. The minimum atomic E-state index is -0.561. The van der Waals surface area contributed by atoms with Crippen molar-refractivity contribution in [2.24, 2.45) is 0 Å². The van der Waals surface area contributed by atoms with E-state index >= 15 is 0 Å². The van der Waals surface area contributed by atoms with Gasteiger partial charge >= 0.3 is 0 Å².